The molecule has 0 aliphatic heterocycles. The molecule has 2 aromatic rings. The number of nitrogens with zero attached hydrogens (tertiary/aromatic N) is 2. The van der Waals surface area contributed by atoms with Crippen LogP contribution in [0.1, 0.15) is 30.6 Å². The Labute approximate surface area is 128 Å². The van der Waals surface area contributed by atoms with Gasteiger partial charge in [-0.05, 0) is 24.5 Å². The van der Waals surface area contributed by atoms with E-state index in [4.69, 9.17) is 5.11 Å². The van der Waals surface area contributed by atoms with Crippen LogP contribution in [0, 0.1) is 11.7 Å². The van der Waals surface area contributed by atoms with E-state index in [-0.39, 0.29) is 30.2 Å². The third-order valence-electron chi connectivity index (χ3n) is 3.51. The molecule has 2 N–H and O–H groups in total. The number of carbonyl (C=O) groups is 1. The van der Waals surface area contributed by atoms with Gasteiger partial charge in [0.1, 0.15) is 11.5 Å². The van der Waals surface area contributed by atoms with Gasteiger partial charge in [0, 0.05) is 18.8 Å². The quantitative estimate of drug-likeness (QED) is 0.859. The third-order valence-corrected chi connectivity index (χ3v) is 3.51. The van der Waals surface area contributed by atoms with Gasteiger partial charge in [0.25, 0.3) is 5.91 Å². The Balaban J connectivity index is 2.14. The summed E-state index contributed by atoms with van der Waals surface area (Å²) < 4.78 is 15.0. The Kier molecular flexibility index (Phi) is 5.27. The minimum absolute atomic E-state index is 0.0115. The number of halogens is 1. The number of nitrogens with one attached hydrogen (secondary N) is 1. The molecule has 0 radical (unpaired) electrons. The number of para-hydroxylation sites is 1. The monoisotopic (exact) mass is 305 g/mol. The zero-order valence-electron chi connectivity index (χ0n) is 12.7. The molecule has 0 bridgehead atoms. The molecular formula is C16H20FN3O2. The number of aromatic nitrogens is 2. The van der Waals surface area contributed by atoms with E-state index < -0.39 is 5.82 Å². The van der Waals surface area contributed by atoms with Crippen molar-refractivity contribution in [3.05, 3.63) is 48.0 Å². The van der Waals surface area contributed by atoms with Crippen molar-refractivity contribution in [2.24, 2.45) is 5.92 Å². The molecule has 0 spiro atoms. The van der Waals surface area contributed by atoms with Crippen LogP contribution in [0.4, 0.5) is 4.39 Å². The van der Waals surface area contributed by atoms with E-state index in [0.29, 0.717) is 12.0 Å². The summed E-state index contributed by atoms with van der Waals surface area (Å²) >= 11 is 0. The predicted octanol–water partition coefficient (Wildman–Crippen LogP) is 2.15. The number of aliphatic hydroxyl groups excluding tert-OH is 1. The van der Waals surface area contributed by atoms with Crippen LogP contribution in [0.3, 0.4) is 0 Å². The molecule has 1 amide bonds. The van der Waals surface area contributed by atoms with E-state index in [9.17, 15) is 9.18 Å². The first-order valence-electron chi connectivity index (χ1n) is 7.24. The second-order valence-corrected chi connectivity index (χ2v) is 5.46. The highest BCUT2D eigenvalue weighted by atomic mass is 19.1. The number of hydrogen-bond acceptors (Lipinski definition) is 3. The van der Waals surface area contributed by atoms with E-state index >= 15 is 0 Å². The minimum atomic E-state index is -0.405. The van der Waals surface area contributed by atoms with Gasteiger partial charge in [-0.25, -0.2) is 9.07 Å². The molecule has 1 aromatic carbocycles. The zero-order chi connectivity index (χ0) is 16.1. The molecule has 22 heavy (non-hydrogen) atoms. The lowest BCUT2D eigenvalue weighted by atomic mass is 10.0. The summed E-state index contributed by atoms with van der Waals surface area (Å²) in [5.41, 5.74) is 0.643. The highest BCUT2D eigenvalue weighted by molar-refractivity contribution is 5.94. The van der Waals surface area contributed by atoms with Crippen molar-refractivity contribution in [3.8, 4) is 5.69 Å². The summed E-state index contributed by atoms with van der Waals surface area (Å²) in [5, 5.41) is 15.9. The van der Waals surface area contributed by atoms with Crippen molar-refractivity contribution in [2.75, 3.05) is 6.61 Å². The van der Waals surface area contributed by atoms with Crippen molar-refractivity contribution in [1.29, 1.82) is 0 Å². The van der Waals surface area contributed by atoms with Crippen LogP contribution < -0.4 is 5.32 Å². The van der Waals surface area contributed by atoms with E-state index in [1.807, 2.05) is 13.8 Å². The van der Waals surface area contributed by atoms with Crippen LogP contribution in [0.2, 0.25) is 0 Å². The fraction of sp³-hybridized carbons (Fsp3) is 0.375. The van der Waals surface area contributed by atoms with Gasteiger partial charge in [0.15, 0.2) is 0 Å². The largest absolute Gasteiger partial charge is 0.396 e. The number of benzene rings is 1. The molecule has 0 aliphatic carbocycles. The molecular weight excluding hydrogens is 285 g/mol. The first-order chi connectivity index (χ1) is 10.5. The molecule has 1 heterocycles. The predicted molar refractivity (Wildman–Crippen MR) is 81.3 cm³/mol. The second-order valence-electron chi connectivity index (χ2n) is 5.46. The Hall–Kier alpha value is -2.21. The Morgan fingerprint density at radius 3 is 2.77 bits per heavy atom. The maximum absolute atomic E-state index is 13.7. The topological polar surface area (TPSA) is 67.2 Å². The molecule has 1 atom stereocenters. The van der Waals surface area contributed by atoms with E-state index in [1.54, 1.807) is 18.2 Å². The first kappa shape index (κ1) is 16.2. The van der Waals surface area contributed by atoms with Crippen molar-refractivity contribution < 1.29 is 14.3 Å². The number of carbonyl (C=O) groups excluding carboxylic acids is 1. The van der Waals surface area contributed by atoms with Gasteiger partial charge in [-0.1, -0.05) is 26.0 Å². The van der Waals surface area contributed by atoms with Crippen molar-refractivity contribution in [1.82, 2.24) is 15.1 Å². The highest BCUT2D eigenvalue weighted by Crippen LogP contribution is 2.13. The molecule has 0 aliphatic rings. The number of aliphatic hydroxyl groups is 1. The SMILES string of the molecule is CC(C)C(CCO)NC(=O)c1cnn(-c2ccccc2F)c1. The summed E-state index contributed by atoms with van der Waals surface area (Å²) in [5.74, 6) is -0.481. The lowest BCUT2D eigenvalue weighted by Gasteiger charge is -2.21. The van der Waals surface area contributed by atoms with Gasteiger partial charge in [0.05, 0.1) is 11.8 Å². The smallest absolute Gasteiger partial charge is 0.254 e. The molecule has 5 nitrogen and oxygen atoms in total. The summed E-state index contributed by atoms with van der Waals surface area (Å²) in [6.45, 7) is 3.96. The molecule has 1 unspecified atom stereocenters. The standard InChI is InChI=1S/C16H20FN3O2/c1-11(2)14(7-8-21)19-16(22)12-9-18-20(10-12)15-6-4-3-5-13(15)17/h3-6,9-11,14,21H,7-8H2,1-2H3,(H,19,22). The molecule has 0 saturated carbocycles. The molecule has 0 saturated heterocycles. The van der Waals surface area contributed by atoms with E-state index in [2.05, 4.69) is 10.4 Å². The van der Waals surface area contributed by atoms with Gasteiger partial charge in [-0.2, -0.15) is 5.10 Å². The molecule has 0 fully saturated rings. The number of hydrogen-bond donors (Lipinski definition) is 2. The van der Waals surface area contributed by atoms with Crippen molar-refractivity contribution in [3.63, 3.8) is 0 Å². The third kappa shape index (κ3) is 3.71. The second kappa shape index (κ2) is 7.17. The Morgan fingerprint density at radius 1 is 1.41 bits per heavy atom. The van der Waals surface area contributed by atoms with Crippen LogP contribution in [-0.4, -0.2) is 33.4 Å². The first-order valence-corrected chi connectivity index (χ1v) is 7.24. The van der Waals surface area contributed by atoms with Crippen LogP contribution >= 0.6 is 0 Å². The van der Waals surface area contributed by atoms with E-state index in [1.165, 1.54) is 23.1 Å². The normalized spacial score (nSPS) is 12.4. The van der Waals surface area contributed by atoms with Crippen LogP contribution in [0.25, 0.3) is 5.69 Å². The zero-order valence-corrected chi connectivity index (χ0v) is 12.7. The van der Waals surface area contributed by atoms with Crippen LogP contribution in [-0.2, 0) is 0 Å². The lowest BCUT2D eigenvalue weighted by Crippen LogP contribution is -2.39. The van der Waals surface area contributed by atoms with Gasteiger partial charge in [0.2, 0.25) is 0 Å². The lowest BCUT2D eigenvalue weighted by molar-refractivity contribution is 0.0916. The maximum atomic E-state index is 13.7. The van der Waals surface area contributed by atoms with Gasteiger partial charge in [-0.15, -0.1) is 0 Å². The Bertz CT molecular complexity index is 640. The number of amides is 1. The van der Waals surface area contributed by atoms with Crippen LogP contribution in [0.5, 0.6) is 0 Å². The summed E-state index contributed by atoms with van der Waals surface area (Å²) in [6, 6.07) is 6.11. The van der Waals surface area contributed by atoms with Crippen molar-refractivity contribution >= 4 is 5.91 Å². The fourth-order valence-corrected chi connectivity index (χ4v) is 2.17. The van der Waals surface area contributed by atoms with Crippen molar-refractivity contribution in [2.45, 2.75) is 26.3 Å². The van der Waals surface area contributed by atoms with Gasteiger partial charge >= 0.3 is 0 Å². The summed E-state index contributed by atoms with van der Waals surface area (Å²) in [7, 11) is 0. The van der Waals surface area contributed by atoms with Gasteiger partial charge in [-0.3, -0.25) is 4.79 Å². The molecule has 1 aromatic heterocycles. The van der Waals surface area contributed by atoms with E-state index in [0.717, 1.165) is 0 Å². The minimum Gasteiger partial charge on any atom is -0.396 e. The average Bonchev–Trinajstić information content (AvgIpc) is 2.96. The van der Waals surface area contributed by atoms with Crippen LogP contribution in [0.15, 0.2) is 36.7 Å². The molecule has 2 rings (SSSR count). The summed E-state index contributed by atoms with van der Waals surface area (Å²) in [4.78, 5) is 12.2. The maximum Gasteiger partial charge on any atom is 0.254 e. The Morgan fingerprint density at radius 2 is 2.14 bits per heavy atom. The summed E-state index contributed by atoms with van der Waals surface area (Å²) in [6.07, 6.45) is 3.38. The average molecular weight is 305 g/mol. The fourth-order valence-electron chi connectivity index (χ4n) is 2.17. The van der Waals surface area contributed by atoms with Gasteiger partial charge < -0.3 is 10.4 Å². The number of rotatable bonds is 6. The molecule has 118 valence electrons. The molecule has 6 heteroatoms. The highest BCUT2D eigenvalue weighted by Gasteiger charge is 2.18.